The number of esters is 1. The Labute approximate surface area is 127 Å². The van der Waals surface area contributed by atoms with Crippen molar-refractivity contribution in [3.05, 3.63) is 59.4 Å². The zero-order chi connectivity index (χ0) is 15.5. The third kappa shape index (κ3) is 2.70. The van der Waals surface area contributed by atoms with Crippen LogP contribution in [-0.4, -0.2) is 18.3 Å². The van der Waals surface area contributed by atoms with E-state index in [9.17, 15) is 9.18 Å². The number of halogens is 1. The van der Waals surface area contributed by atoms with Crippen LogP contribution in [0.25, 0.3) is 11.1 Å². The maximum absolute atomic E-state index is 13.0. The van der Waals surface area contributed by atoms with Gasteiger partial charge in [0.05, 0.1) is 6.61 Å². The van der Waals surface area contributed by atoms with Crippen molar-refractivity contribution in [2.75, 3.05) is 6.61 Å². The van der Waals surface area contributed by atoms with E-state index in [1.165, 1.54) is 12.1 Å². The summed E-state index contributed by atoms with van der Waals surface area (Å²) in [5.41, 5.74) is 3.54. The van der Waals surface area contributed by atoms with E-state index in [-0.39, 0.29) is 24.7 Å². The molecule has 1 aliphatic heterocycles. The number of hydrogen-bond donors (Lipinski definition) is 0. The van der Waals surface area contributed by atoms with Crippen LogP contribution in [0.4, 0.5) is 4.39 Å². The van der Waals surface area contributed by atoms with E-state index >= 15 is 0 Å². The van der Waals surface area contributed by atoms with Gasteiger partial charge in [-0.25, -0.2) is 9.18 Å². The highest BCUT2D eigenvalue weighted by atomic mass is 19.1. The Kier molecular flexibility index (Phi) is 3.87. The second kappa shape index (κ2) is 5.97. The van der Waals surface area contributed by atoms with E-state index in [0.717, 1.165) is 16.7 Å². The Morgan fingerprint density at radius 2 is 1.95 bits per heavy atom. The zero-order valence-electron chi connectivity index (χ0n) is 12.0. The molecule has 0 radical (unpaired) electrons. The van der Waals surface area contributed by atoms with Gasteiger partial charge in [-0.2, -0.15) is 0 Å². The van der Waals surface area contributed by atoms with Crippen LogP contribution in [0, 0.1) is 5.82 Å². The molecular weight excluding hydrogens is 285 g/mol. The lowest BCUT2D eigenvalue weighted by Crippen LogP contribution is -2.23. The Morgan fingerprint density at radius 3 is 2.68 bits per heavy atom. The first-order valence-corrected chi connectivity index (χ1v) is 6.95. The lowest BCUT2D eigenvalue weighted by Gasteiger charge is -2.16. The van der Waals surface area contributed by atoms with Crippen molar-refractivity contribution in [2.45, 2.75) is 13.5 Å². The first-order chi connectivity index (χ1) is 10.7. The van der Waals surface area contributed by atoms with Gasteiger partial charge in [-0.3, -0.25) is 0 Å². The van der Waals surface area contributed by atoms with Crippen LogP contribution in [0.15, 0.2) is 47.6 Å². The summed E-state index contributed by atoms with van der Waals surface area (Å²) in [6.07, 6.45) is 0. The number of ether oxygens (including phenoxy) is 1. The van der Waals surface area contributed by atoms with Crippen molar-refractivity contribution in [3.63, 3.8) is 0 Å². The van der Waals surface area contributed by atoms with Gasteiger partial charge in [0.2, 0.25) is 0 Å². The van der Waals surface area contributed by atoms with Gasteiger partial charge >= 0.3 is 5.97 Å². The van der Waals surface area contributed by atoms with Crippen LogP contribution in [0.1, 0.15) is 18.1 Å². The molecule has 0 bridgehead atoms. The van der Waals surface area contributed by atoms with Gasteiger partial charge < -0.3 is 9.57 Å². The van der Waals surface area contributed by atoms with Crippen LogP contribution in [0.2, 0.25) is 0 Å². The molecular formula is C17H14FNO3. The highest BCUT2D eigenvalue weighted by Gasteiger charge is 2.23. The van der Waals surface area contributed by atoms with Gasteiger partial charge in [-0.1, -0.05) is 29.4 Å². The predicted molar refractivity (Wildman–Crippen MR) is 79.8 cm³/mol. The minimum Gasteiger partial charge on any atom is -0.461 e. The van der Waals surface area contributed by atoms with E-state index in [4.69, 9.17) is 9.57 Å². The number of nitrogens with zero attached hydrogens (tertiary/aromatic N) is 1. The van der Waals surface area contributed by atoms with Gasteiger partial charge in [0.25, 0.3) is 0 Å². The van der Waals surface area contributed by atoms with Crippen molar-refractivity contribution >= 4 is 11.7 Å². The molecule has 1 heterocycles. The third-order valence-corrected chi connectivity index (χ3v) is 3.38. The third-order valence-electron chi connectivity index (χ3n) is 3.38. The largest absolute Gasteiger partial charge is 0.461 e. The quantitative estimate of drug-likeness (QED) is 0.817. The molecule has 0 saturated carbocycles. The molecule has 4 nitrogen and oxygen atoms in total. The Bertz CT molecular complexity index is 738. The highest BCUT2D eigenvalue weighted by Crippen LogP contribution is 2.26. The summed E-state index contributed by atoms with van der Waals surface area (Å²) in [7, 11) is 0. The summed E-state index contributed by atoms with van der Waals surface area (Å²) in [6.45, 7) is 2.30. The number of hydrogen-bond acceptors (Lipinski definition) is 4. The first kappa shape index (κ1) is 14.3. The summed E-state index contributed by atoms with van der Waals surface area (Å²) >= 11 is 0. The number of benzene rings is 2. The molecule has 1 aliphatic rings. The van der Waals surface area contributed by atoms with Crippen molar-refractivity contribution in [3.8, 4) is 11.1 Å². The van der Waals surface area contributed by atoms with Crippen LogP contribution >= 0.6 is 0 Å². The van der Waals surface area contributed by atoms with Gasteiger partial charge in [0, 0.05) is 11.1 Å². The fourth-order valence-corrected chi connectivity index (χ4v) is 2.33. The SMILES string of the molecule is CCOC(=O)C1=NOCc2cc(-c3ccc(F)cc3)ccc21. The zero-order valence-corrected chi connectivity index (χ0v) is 12.0. The molecule has 0 aromatic heterocycles. The van der Waals surface area contributed by atoms with Crippen molar-refractivity contribution in [2.24, 2.45) is 5.16 Å². The minimum atomic E-state index is -0.502. The van der Waals surface area contributed by atoms with E-state index in [0.29, 0.717) is 5.56 Å². The molecule has 0 spiro atoms. The van der Waals surface area contributed by atoms with E-state index < -0.39 is 5.97 Å². The smallest absolute Gasteiger partial charge is 0.361 e. The number of oxime groups is 1. The Hall–Kier alpha value is -2.69. The standard InChI is InChI=1S/C17H14FNO3/c1-2-21-17(20)16-15-8-5-12(9-13(15)10-22-19-16)11-3-6-14(18)7-4-11/h3-9H,2,10H2,1H3. The van der Waals surface area contributed by atoms with Crippen LogP contribution in [-0.2, 0) is 21.0 Å². The summed E-state index contributed by atoms with van der Waals surface area (Å²) in [4.78, 5) is 17.0. The molecule has 0 atom stereocenters. The van der Waals surface area contributed by atoms with E-state index in [1.54, 1.807) is 19.1 Å². The van der Waals surface area contributed by atoms with Crippen LogP contribution in [0.3, 0.4) is 0 Å². The maximum atomic E-state index is 13.0. The Morgan fingerprint density at radius 1 is 1.23 bits per heavy atom. The molecule has 0 amide bonds. The molecule has 5 heteroatoms. The minimum absolute atomic E-state index is 0.175. The number of fused-ring (bicyclic) bond motifs is 1. The molecule has 0 N–H and O–H groups in total. The number of carbonyl (C=O) groups is 1. The van der Waals surface area contributed by atoms with Gasteiger partial charge in [-0.05, 0) is 36.2 Å². The maximum Gasteiger partial charge on any atom is 0.361 e. The number of carbonyl (C=O) groups excluding carboxylic acids is 1. The predicted octanol–water partition coefficient (Wildman–Crippen LogP) is 3.29. The van der Waals surface area contributed by atoms with Crippen LogP contribution in [0.5, 0.6) is 0 Å². The number of rotatable bonds is 3. The first-order valence-electron chi connectivity index (χ1n) is 6.95. The molecule has 0 fully saturated rings. The molecule has 0 unspecified atom stereocenters. The fourth-order valence-electron chi connectivity index (χ4n) is 2.33. The molecule has 2 aromatic carbocycles. The second-order valence-electron chi connectivity index (χ2n) is 4.81. The molecule has 0 aliphatic carbocycles. The van der Waals surface area contributed by atoms with Gasteiger partial charge in [-0.15, -0.1) is 0 Å². The average molecular weight is 299 g/mol. The van der Waals surface area contributed by atoms with Gasteiger partial charge in [0.15, 0.2) is 5.71 Å². The van der Waals surface area contributed by atoms with Gasteiger partial charge in [0.1, 0.15) is 12.4 Å². The normalized spacial score (nSPS) is 12.9. The topological polar surface area (TPSA) is 47.9 Å². The lowest BCUT2D eigenvalue weighted by molar-refractivity contribution is -0.135. The molecule has 22 heavy (non-hydrogen) atoms. The molecule has 0 saturated heterocycles. The highest BCUT2D eigenvalue weighted by molar-refractivity contribution is 6.43. The van der Waals surface area contributed by atoms with Crippen molar-refractivity contribution < 1.29 is 18.8 Å². The lowest BCUT2D eigenvalue weighted by atomic mass is 9.96. The summed E-state index contributed by atoms with van der Waals surface area (Å²) < 4.78 is 18.0. The van der Waals surface area contributed by atoms with Crippen molar-refractivity contribution in [1.29, 1.82) is 0 Å². The molecule has 3 rings (SSSR count). The van der Waals surface area contributed by atoms with Crippen LogP contribution < -0.4 is 0 Å². The van der Waals surface area contributed by atoms with E-state index in [2.05, 4.69) is 5.16 Å². The molecule has 2 aromatic rings. The summed E-state index contributed by atoms with van der Waals surface area (Å²) in [5, 5.41) is 3.80. The average Bonchev–Trinajstić information content (AvgIpc) is 2.54. The van der Waals surface area contributed by atoms with Crippen molar-refractivity contribution in [1.82, 2.24) is 0 Å². The monoisotopic (exact) mass is 299 g/mol. The van der Waals surface area contributed by atoms with E-state index in [1.807, 2.05) is 18.2 Å². The Balaban J connectivity index is 1.96. The second-order valence-corrected chi connectivity index (χ2v) is 4.81. The summed E-state index contributed by atoms with van der Waals surface area (Å²) in [5.74, 6) is -0.778. The fraction of sp³-hybridized carbons (Fsp3) is 0.176. The summed E-state index contributed by atoms with van der Waals surface area (Å²) in [6, 6.07) is 11.8. The molecule has 112 valence electrons.